The molecule has 0 aromatic carbocycles. The van der Waals surface area contributed by atoms with Crippen molar-refractivity contribution in [3.05, 3.63) is 0 Å². The van der Waals surface area contributed by atoms with Gasteiger partial charge in [0.15, 0.2) is 0 Å². The molecule has 0 atom stereocenters. The summed E-state index contributed by atoms with van der Waals surface area (Å²) >= 11 is 0. The molecular weight excluding hydrogens is 202 g/mol. The van der Waals surface area contributed by atoms with Gasteiger partial charge in [-0.3, -0.25) is 0 Å². The number of likely N-dealkylation sites (N-methyl/N-ethyl adjacent to an activating group) is 1. The molecule has 0 spiro atoms. The van der Waals surface area contributed by atoms with Gasteiger partial charge in [-0.2, -0.15) is 0 Å². The van der Waals surface area contributed by atoms with Crippen LogP contribution in [0.4, 0.5) is 0 Å². The molecular formula is C13H27NO2. The summed E-state index contributed by atoms with van der Waals surface area (Å²) in [5.41, 5.74) is -0.451. The zero-order valence-electron chi connectivity index (χ0n) is 11.0. The Balaban J connectivity index is 2.23. The maximum absolute atomic E-state index is 10.4. The van der Waals surface area contributed by atoms with E-state index in [1.807, 2.05) is 6.92 Å². The number of hydrogen-bond donors (Lipinski definition) is 1. The molecule has 3 nitrogen and oxygen atoms in total. The molecule has 0 amide bonds. The third-order valence-corrected chi connectivity index (χ3v) is 3.59. The van der Waals surface area contributed by atoms with Gasteiger partial charge in [-0.15, -0.1) is 0 Å². The van der Waals surface area contributed by atoms with E-state index in [1.54, 1.807) is 0 Å². The van der Waals surface area contributed by atoms with Crippen molar-refractivity contribution in [2.24, 2.45) is 5.92 Å². The van der Waals surface area contributed by atoms with E-state index >= 15 is 0 Å². The van der Waals surface area contributed by atoms with Crippen LogP contribution in [0, 0.1) is 5.92 Å². The zero-order chi connectivity index (χ0) is 12.0. The molecule has 3 heteroatoms. The molecule has 1 saturated carbocycles. The average molecular weight is 229 g/mol. The largest absolute Gasteiger partial charge is 0.389 e. The van der Waals surface area contributed by atoms with Crippen LogP contribution in [-0.4, -0.2) is 49.0 Å². The summed E-state index contributed by atoms with van der Waals surface area (Å²) in [5, 5.41) is 10.4. The average Bonchev–Trinajstić information content (AvgIpc) is 2.23. The molecule has 1 aliphatic rings. The van der Waals surface area contributed by atoms with Crippen LogP contribution in [0.5, 0.6) is 0 Å². The smallest absolute Gasteiger partial charge is 0.0774 e. The summed E-state index contributed by atoms with van der Waals surface area (Å²) < 4.78 is 5.32. The second-order valence-electron chi connectivity index (χ2n) is 5.34. The zero-order valence-corrected chi connectivity index (χ0v) is 11.0. The SMILES string of the molecule is CCOCCN(C)CC1(O)CCC(C)CC1. The number of ether oxygens (including phenoxy) is 1. The lowest BCUT2D eigenvalue weighted by Crippen LogP contribution is -2.44. The van der Waals surface area contributed by atoms with Crippen LogP contribution in [0.2, 0.25) is 0 Å². The lowest BCUT2D eigenvalue weighted by Gasteiger charge is -2.37. The van der Waals surface area contributed by atoms with Crippen LogP contribution in [0.1, 0.15) is 39.5 Å². The van der Waals surface area contributed by atoms with Crippen LogP contribution >= 0.6 is 0 Å². The van der Waals surface area contributed by atoms with Crippen molar-refractivity contribution in [1.82, 2.24) is 4.90 Å². The van der Waals surface area contributed by atoms with Gasteiger partial charge in [0.1, 0.15) is 0 Å². The molecule has 1 N–H and O–H groups in total. The summed E-state index contributed by atoms with van der Waals surface area (Å²) in [6, 6.07) is 0. The van der Waals surface area contributed by atoms with Gasteiger partial charge in [0, 0.05) is 19.7 Å². The Kier molecular flexibility index (Phi) is 5.73. The summed E-state index contributed by atoms with van der Waals surface area (Å²) in [4.78, 5) is 2.19. The highest BCUT2D eigenvalue weighted by atomic mass is 16.5. The Labute approximate surface area is 99.8 Å². The van der Waals surface area contributed by atoms with E-state index in [0.717, 1.165) is 57.9 Å². The van der Waals surface area contributed by atoms with Crippen LogP contribution in [0.3, 0.4) is 0 Å². The fourth-order valence-corrected chi connectivity index (χ4v) is 2.40. The summed E-state index contributed by atoms with van der Waals surface area (Å²) in [5.74, 6) is 0.786. The van der Waals surface area contributed by atoms with E-state index in [4.69, 9.17) is 4.74 Å². The predicted molar refractivity (Wildman–Crippen MR) is 66.6 cm³/mol. The highest BCUT2D eigenvalue weighted by Crippen LogP contribution is 2.32. The molecule has 96 valence electrons. The highest BCUT2D eigenvalue weighted by molar-refractivity contribution is 4.86. The van der Waals surface area contributed by atoms with E-state index in [2.05, 4.69) is 18.9 Å². The molecule has 0 saturated heterocycles. The molecule has 0 aromatic rings. The van der Waals surface area contributed by atoms with Crippen molar-refractivity contribution >= 4 is 0 Å². The van der Waals surface area contributed by atoms with Crippen LogP contribution in [-0.2, 0) is 4.74 Å². The number of rotatable bonds is 6. The first kappa shape index (κ1) is 13.9. The van der Waals surface area contributed by atoms with Crippen molar-refractivity contribution in [2.45, 2.75) is 45.1 Å². The molecule has 1 fully saturated rings. The van der Waals surface area contributed by atoms with Gasteiger partial charge in [-0.25, -0.2) is 0 Å². The van der Waals surface area contributed by atoms with Crippen molar-refractivity contribution in [1.29, 1.82) is 0 Å². The van der Waals surface area contributed by atoms with Gasteiger partial charge in [-0.05, 0) is 45.6 Å². The molecule has 0 unspecified atom stereocenters. The van der Waals surface area contributed by atoms with E-state index in [0.29, 0.717) is 0 Å². The van der Waals surface area contributed by atoms with Crippen LogP contribution < -0.4 is 0 Å². The van der Waals surface area contributed by atoms with Gasteiger partial charge in [-0.1, -0.05) is 6.92 Å². The van der Waals surface area contributed by atoms with Gasteiger partial charge in [0.25, 0.3) is 0 Å². The third kappa shape index (κ3) is 4.81. The molecule has 0 radical (unpaired) electrons. The maximum Gasteiger partial charge on any atom is 0.0774 e. The second kappa shape index (κ2) is 6.58. The Morgan fingerprint density at radius 1 is 1.38 bits per heavy atom. The van der Waals surface area contributed by atoms with Crippen LogP contribution in [0.15, 0.2) is 0 Å². The van der Waals surface area contributed by atoms with Crippen molar-refractivity contribution in [3.8, 4) is 0 Å². The summed E-state index contributed by atoms with van der Waals surface area (Å²) in [6.45, 7) is 7.52. The molecule has 16 heavy (non-hydrogen) atoms. The first-order valence-corrected chi connectivity index (χ1v) is 6.54. The quantitative estimate of drug-likeness (QED) is 0.706. The van der Waals surface area contributed by atoms with Crippen molar-refractivity contribution in [2.75, 3.05) is 33.4 Å². The first-order valence-electron chi connectivity index (χ1n) is 6.54. The van der Waals surface area contributed by atoms with Crippen LogP contribution in [0.25, 0.3) is 0 Å². The number of aliphatic hydroxyl groups is 1. The number of nitrogens with zero attached hydrogens (tertiary/aromatic N) is 1. The Morgan fingerprint density at radius 3 is 2.56 bits per heavy atom. The molecule has 0 bridgehead atoms. The standard InChI is InChI=1S/C13H27NO2/c1-4-16-10-9-14(3)11-13(15)7-5-12(2)6-8-13/h12,15H,4-11H2,1-3H3. The minimum atomic E-state index is -0.451. The molecule has 0 aliphatic heterocycles. The summed E-state index contributed by atoms with van der Waals surface area (Å²) in [6.07, 6.45) is 4.23. The minimum absolute atomic E-state index is 0.451. The van der Waals surface area contributed by atoms with Gasteiger partial charge in [0.2, 0.25) is 0 Å². The van der Waals surface area contributed by atoms with Gasteiger partial charge in [0.05, 0.1) is 12.2 Å². The van der Waals surface area contributed by atoms with E-state index in [1.165, 1.54) is 0 Å². The molecule has 0 aromatic heterocycles. The van der Waals surface area contributed by atoms with Gasteiger partial charge >= 0.3 is 0 Å². The third-order valence-electron chi connectivity index (χ3n) is 3.59. The van der Waals surface area contributed by atoms with Crippen molar-refractivity contribution < 1.29 is 9.84 Å². The monoisotopic (exact) mass is 229 g/mol. The fourth-order valence-electron chi connectivity index (χ4n) is 2.40. The second-order valence-corrected chi connectivity index (χ2v) is 5.34. The van der Waals surface area contributed by atoms with E-state index in [9.17, 15) is 5.11 Å². The highest BCUT2D eigenvalue weighted by Gasteiger charge is 2.32. The normalized spacial score (nSPS) is 30.9. The topological polar surface area (TPSA) is 32.7 Å². The fraction of sp³-hybridized carbons (Fsp3) is 1.00. The molecule has 1 aliphatic carbocycles. The lowest BCUT2D eigenvalue weighted by molar-refractivity contribution is -0.0337. The van der Waals surface area contributed by atoms with E-state index < -0.39 is 5.60 Å². The van der Waals surface area contributed by atoms with Crippen molar-refractivity contribution in [3.63, 3.8) is 0 Å². The lowest BCUT2D eigenvalue weighted by atomic mass is 9.79. The Bertz CT molecular complexity index is 188. The molecule has 1 rings (SSSR count). The van der Waals surface area contributed by atoms with Gasteiger partial charge < -0.3 is 14.7 Å². The molecule has 0 heterocycles. The Morgan fingerprint density at radius 2 is 2.00 bits per heavy atom. The number of hydrogen-bond acceptors (Lipinski definition) is 3. The minimum Gasteiger partial charge on any atom is -0.389 e. The van der Waals surface area contributed by atoms with E-state index in [-0.39, 0.29) is 0 Å². The maximum atomic E-state index is 10.4. The predicted octanol–water partition coefficient (Wildman–Crippen LogP) is 1.90. The first-order chi connectivity index (χ1) is 7.56. The summed E-state index contributed by atoms with van der Waals surface area (Å²) in [7, 11) is 2.06. The Hall–Kier alpha value is -0.120.